The highest BCUT2D eigenvalue weighted by Crippen LogP contribution is 2.30. The van der Waals surface area contributed by atoms with E-state index >= 15 is 0 Å². The topological polar surface area (TPSA) is 91.8 Å². The monoisotopic (exact) mass is 383 g/mol. The van der Waals surface area contributed by atoms with Crippen molar-refractivity contribution in [1.82, 2.24) is 10.3 Å². The summed E-state index contributed by atoms with van der Waals surface area (Å²) in [4.78, 5) is 30.9. The van der Waals surface area contributed by atoms with E-state index in [4.69, 9.17) is 4.74 Å². The lowest BCUT2D eigenvalue weighted by atomic mass is 10.0. The van der Waals surface area contributed by atoms with E-state index in [1.165, 1.54) is 0 Å². The molecule has 1 aliphatic rings. The normalized spacial score (nSPS) is 17.4. The van der Waals surface area contributed by atoms with Gasteiger partial charge in [-0.1, -0.05) is 13.0 Å². The van der Waals surface area contributed by atoms with E-state index in [9.17, 15) is 14.7 Å². The van der Waals surface area contributed by atoms with Crippen LogP contribution in [0.25, 0.3) is 11.3 Å². The maximum atomic E-state index is 12.6. The van der Waals surface area contributed by atoms with Crippen molar-refractivity contribution >= 4 is 17.7 Å². The highest BCUT2D eigenvalue weighted by atomic mass is 16.6. The zero-order valence-electron chi connectivity index (χ0n) is 16.3. The van der Waals surface area contributed by atoms with Crippen LogP contribution < -0.4 is 10.2 Å². The number of aryl methyl sites for hydroxylation is 1. The predicted octanol–water partition coefficient (Wildman–Crippen LogP) is 2.90. The highest BCUT2D eigenvalue weighted by molar-refractivity contribution is 5.99. The van der Waals surface area contributed by atoms with E-state index in [0.717, 1.165) is 17.5 Å². The standard InChI is InChI=1S/C21H25N3O4/c1-4-17-12-28-21(27)24(17)18-8-15(19-6-5-13(2)10-22-19)7-16(9-18)20(26)23-11-14(3)25/h5-10,14,17,25H,4,11-12H2,1-3H3,(H,23,26)/t14-,17?/m0/s1. The number of rotatable bonds is 6. The van der Waals surface area contributed by atoms with Gasteiger partial charge in [-0.25, -0.2) is 4.79 Å². The van der Waals surface area contributed by atoms with Gasteiger partial charge in [0.25, 0.3) is 5.91 Å². The third-order valence-corrected chi connectivity index (χ3v) is 4.66. The van der Waals surface area contributed by atoms with Crippen molar-refractivity contribution in [2.75, 3.05) is 18.1 Å². The Labute approximate surface area is 164 Å². The highest BCUT2D eigenvalue weighted by Gasteiger charge is 2.33. The molecule has 1 fully saturated rings. The molecule has 2 N–H and O–H groups in total. The summed E-state index contributed by atoms with van der Waals surface area (Å²) in [5.74, 6) is -0.322. The van der Waals surface area contributed by atoms with Gasteiger partial charge in [0.05, 0.1) is 17.8 Å². The van der Waals surface area contributed by atoms with E-state index < -0.39 is 12.2 Å². The van der Waals surface area contributed by atoms with Crippen LogP contribution in [0, 0.1) is 6.92 Å². The van der Waals surface area contributed by atoms with Crippen molar-refractivity contribution in [2.45, 2.75) is 39.3 Å². The molecule has 2 heterocycles. The van der Waals surface area contributed by atoms with Crippen LogP contribution in [0.3, 0.4) is 0 Å². The van der Waals surface area contributed by atoms with Crippen LogP contribution in [-0.2, 0) is 4.74 Å². The molecule has 1 saturated heterocycles. The number of nitrogens with one attached hydrogen (secondary N) is 1. The molecule has 1 aromatic heterocycles. The van der Waals surface area contributed by atoms with Gasteiger partial charge >= 0.3 is 6.09 Å². The van der Waals surface area contributed by atoms with Crippen LogP contribution in [0.15, 0.2) is 36.5 Å². The molecular formula is C21H25N3O4. The summed E-state index contributed by atoms with van der Waals surface area (Å²) in [7, 11) is 0. The molecule has 1 aromatic carbocycles. The molecule has 148 valence electrons. The van der Waals surface area contributed by atoms with E-state index in [1.807, 2.05) is 32.0 Å². The van der Waals surface area contributed by atoms with Gasteiger partial charge < -0.3 is 15.2 Å². The first kappa shape index (κ1) is 19.8. The SMILES string of the molecule is CCC1COC(=O)N1c1cc(C(=O)NC[C@H](C)O)cc(-c2ccc(C)cn2)c1. The fourth-order valence-electron chi connectivity index (χ4n) is 3.09. The number of hydrogen-bond acceptors (Lipinski definition) is 5. The van der Waals surface area contributed by atoms with Crippen molar-refractivity contribution in [1.29, 1.82) is 0 Å². The average molecular weight is 383 g/mol. The number of aliphatic hydroxyl groups excluding tert-OH is 1. The number of aromatic nitrogens is 1. The minimum atomic E-state index is -0.650. The number of pyridine rings is 1. The molecule has 0 aliphatic carbocycles. The number of carbonyl (C=O) groups is 2. The molecule has 0 radical (unpaired) electrons. The Balaban J connectivity index is 2.04. The zero-order chi connectivity index (χ0) is 20.3. The molecule has 1 aliphatic heterocycles. The van der Waals surface area contributed by atoms with Crippen molar-refractivity contribution in [3.8, 4) is 11.3 Å². The lowest BCUT2D eigenvalue weighted by Crippen LogP contribution is -2.34. The van der Waals surface area contributed by atoms with Gasteiger partial charge in [0, 0.05) is 29.6 Å². The molecule has 1 unspecified atom stereocenters. The summed E-state index contributed by atoms with van der Waals surface area (Å²) < 4.78 is 5.20. The van der Waals surface area contributed by atoms with Crippen molar-refractivity contribution in [3.63, 3.8) is 0 Å². The van der Waals surface area contributed by atoms with Gasteiger partial charge in [0.1, 0.15) is 6.61 Å². The predicted molar refractivity (Wildman–Crippen MR) is 106 cm³/mol. The molecule has 7 nitrogen and oxygen atoms in total. The van der Waals surface area contributed by atoms with Gasteiger partial charge in [0.2, 0.25) is 0 Å². The smallest absolute Gasteiger partial charge is 0.414 e. The fraction of sp³-hybridized carbons (Fsp3) is 0.381. The Kier molecular flexibility index (Phi) is 5.94. The largest absolute Gasteiger partial charge is 0.447 e. The molecule has 2 atom stereocenters. The Morgan fingerprint density at radius 1 is 1.39 bits per heavy atom. The number of nitrogens with zero attached hydrogens (tertiary/aromatic N) is 2. The van der Waals surface area contributed by atoms with Gasteiger partial charge in [-0.2, -0.15) is 0 Å². The van der Waals surface area contributed by atoms with E-state index in [0.29, 0.717) is 23.6 Å². The number of aliphatic hydroxyl groups is 1. The van der Waals surface area contributed by atoms with Crippen LogP contribution in [0.4, 0.5) is 10.5 Å². The number of cyclic esters (lactones) is 1. The zero-order valence-corrected chi connectivity index (χ0v) is 16.3. The summed E-state index contributed by atoms with van der Waals surface area (Å²) in [5.41, 5.74) is 3.46. The molecule has 0 spiro atoms. The third kappa shape index (κ3) is 4.31. The average Bonchev–Trinajstić information content (AvgIpc) is 3.06. The Morgan fingerprint density at radius 2 is 2.18 bits per heavy atom. The summed E-state index contributed by atoms with van der Waals surface area (Å²) in [6.07, 6.45) is 1.43. The molecule has 3 rings (SSSR count). The maximum absolute atomic E-state index is 12.6. The lowest BCUT2D eigenvalue weighted by molar-refractivity contribution is 0.0924. The second kappa shape index (κ2) is 8.39. The molecule has 2 amide bonds. The quantitative estimate of drug-likeness (QED) is 0.800. The first-order valence-electron chi connectivity index (χ1n) is 9.39. The minimum Gasteiger partial charge on any atom is -0.447 e. The molecule has 2 aromatic rings. The van der Waals surface area contributed by atoms with Gasteiger partial charge in [-0.3, -0.25) is 14.7 Å². The van der Waals surface area contributed by atoms with Gasteiger partial charge in [0.15, 0.2) is 0 Å². The van der Waals surface area contributed by atoms with Crippen LogP contribution in [0.5, 0.6) is 0 Å². The number of anilines is 1. The Morgan fingerprint density at radius 3 is 2.82 bits per heavy atom. The summed E-state index contributed by atoms with van der Waals surface area (Å²) in [5, 5.41) is 12.1. The molecule has 0 saturated carbocycles. The number of hydrogen-bond donors (Lipinski definition) is 2. The van der Waals surface area contributed by atoms with Crippen LogP contribution in [0.2, 0.25) is 0 Å². The number of carbonyl (C=O) groups excluding carboxylic acids is 2. The lowest BCUT2D eigenvalue weighted by Gasteiger charge is -2.22. The first-order chi connectivity index (χ1) is 13.4. The van der Waals surface area contributed by atoms with Crippen molar-refractivity contribution in [2.24, 2.45) is 0 Å². The molecular weight excluding hydrogens is 358 g/mol. The van der Waals surface area contributed by atoms with E-state index in [-0.39, 0.29) is 18.5 Å². The van der Waals surface area contributed by atoms with E-state index in [1.54, 1.807) is 30.2 Å². The fourth-order valence-corrected chi connectivity index (χ4v) is 3.09. The van der Waals surface area contributed by atoms with E-state index in [2.05, 4.69) is 10.3 Å². The maximum Gasteiger partial charge on any atom is 0.414 e. The molecule has 28 heavy (non-hydrogen) atoms. The number of amides is 2. The van der Waals surface area contributed by atoms with Crippen LogP contribution in [0.1, 0.15) is 36.2 Å². The number of ether oxygens (including phenoxy) is 1. The second-order valence-corrected chi connectivity index (χ2v) is 7.06. The minimum absolute atomic E-state index is 0.0814. The summed E-state index contributed by atoms with van der Waals surface area (Å²) in [6.45, 7) is 6.01. The Bertz CT molecular complexity index is 864. The van der Waals surface area contributed by atoms with Gasteiger partial charge in [-0.05, 0) is 50.1 Å². The van der Waals surface area contributed by atoms with Crippen LogP contribution in [-0.4, -0.2) is 47.4 Å². The van der Waals surface area contributed by atoms with Crippen LogP contribution >= 0.6 is 0 Å². The van der Waals surface area contributed by atoms with Crippen molar-refractivity contribution < 1.29 is 19.4 Å². The molecule has 7 heteroatoms. The summed E-state index contributed by atoms with van der Waals surface area (Å²) >= 11 is 0. The molecule has 0 bridgehead atoms. The van der Waals surface area contributed by atoms with Gasteiger partial charge in [-0.15, -0.1) is 0 Å². The first-order valence-corrected chi connectivity index (χ1v) is 9.39. The number of benzene rings is 1. The van der Waals surface area contributed by atoms with Crippen molar-refractivity contribution in [3.05, 3.63) is 47.7 Å². The second-order valence-electron chi connectivity index (χ2n) is 7.06. The Hall–Kier alpha value is -2.93. The third-order valence-electron chi connectivity index (χ3n) is 4.66. The summed E-state index contributed by atoms with van der Waals surface area (Å²) in [6, 6.07) is 9.00.